The van der Waals surface area contributed by atoms with E-state index >= 15 is 0 Å². The number of ether oxygens (including phenoxy) is 1. The molecule has 1 saturated heterocycles. The number of aldehydes is 1. The van der Waals surface area contributed by atoms with Crippen molar-refractivity contribution in [2.24, 2.45) is 0 Å². The van der Waals surface area contributed by atoms with Crippen LogP contribution in [0.4, 0.5) is 5.13 Å². The number of benzene rings is 2. The Kier molecular flexibility index (Phi) is 5.80. The van der Waals surface area contributed by atoms with E-state index in [2.05, 4.69) is 21.9 Å². The predicted molar refractivity (Wildman–Crippen MR) is 115 cm³/mol. The van der Waals surface area contributed by atoms with E-state index in [1.807, 2.05) is 31.2 Å². The second kappa shape index (κ2) is 8.47. The van der Waals surface area contributed by atoms with Gasteiger partial charge in [-0.25, -0.2) is 4.98 Å². The number of rotatable bonds is 6. The maximum absolute atomic E-state index is 10.6. The van der Waals surface area contributed by atoms with Crippen molar-refractivity contribution in [2.45, 2.75) is 13.5 Å². The van der Waals surface area contributed by atoms with Crippen molar-refractivity contribution in [1.82, 2.24) is 9.88 Å². The Morgan fingerprint density at radius 3 is 2.79 bits per heavy atom. The van der Waals surface area contributed by atoms with Crippen LogP contribution in [0.15, 0.2) is 36.4 Å². The maximum Gasteiger partial charge on any atom is 0.186 e. The number of aryl methyl sites for hydroxylation is 1. The summed E-state index contributed by atoms with van der Waals surface area (Å²) in [6.07, 6.45) is 0.779. The Balaban J connectivity index is 1.38. The van der Waals surface area contributed by atoms with E-state index in [1.54, 1.807) is 11.3 Å². The molecule has 1 fully saturated rings. The van der Waals surface area contributed by atoms with Crippen LogP contribution < -0.4 is 9.64 Å². The van der Waals surface area contributed by atoms with Crippen LogP contribution in [-0.4, -0.2) is 49.0 Å². The SMILES string of the molecule is Cc1ccc(CN2CCN(c3nc4ccc(Cl)cc4s3)CC2)cc1OCC=O. The molecule has 4 rings (SSSR count). The van der Waals surface area contributed by atoms with Crippen LogP contribution in [0.3, 0.4) is 0 Å². The Labute approximate surface area is 173 Å². The standard InChI is InChI=1S/C21H22ClN3O2S/c1-15-2-3-16(12-19(15)27-11-10-26)14-24-6-8-25(9-7-24)21-23-18-5-4-17(22)13-20(18)28-21/h2-5,10,12-13H,6-9,11,14H2,1H3. The van der Waals surface area contributed by atoms with Gasteiger partial charge in [-0.2, -0.15) is 0 Å². The molecule has 0 N–H and O–H groups in total. The van der Waals surface area contributed by atoms with Crippen LogP contribution in [0.25, 0.3) is 10.2 Å². The highest BCUT2D eigenvalue weighted by Gasteiger charge is 2.20. The molecule has 146 valence electrons. The molecule has 3 aromatic rings. The molecule has 0 saturated carbocycles. The first kappa shape index (κ1) is 19.2. The van der Waals surface area contributed by atoms with E-state index in [4.69, 9.17) is 21.3 Å². The second-order valence-corrected chi connectivity index (χ2v) is 8.39. The van der Waals surface area contributed by atoms with Gasteiger partial charge >= 0.3 is 0 Å². The number of carbonyl (C=O) groups excluding carboxylic acids is 1. The van der Waals surface area contributed by atoms with Gasteiger partial charge in [0.15, 0.2) is 11.4 Å². The molecule has 0 amide bonds. The van der Waals surface area contributed by atoms with Gasteiger partial charge in [0.05, 0.1) is 10.2 Å². The number of aromatic nitrogens is 1. The molecular formula is C21H22ClN3O2S. The molecule has 0 radical (unpaired) electrons. The number of fused-ring (bicyclic) bond motifs is 1. The lowest BCUT2D eigenvalue weighted by Crippen LogP contribution is -2.45. The lowest BCUT2D eigenvalue weighted by atomic mass is 10.1. The number of thiazole rings is 1. The molecule has 1 aliphatic heterocycles. The van der Waals surface area contributed by atoms with Crippen LogP contribution in [-0.2, 0) is 11.3 Å². The van der Waals surface area contributed by atoms with Crippen molar-refractivity contribution >= 4 is 44.6 Å². The minimum absolute atomic E-state index is 0.0936. The zero-order valence-electron chi connectivity index (χ0n) is 15.7. The van der Waals surface area contributed by atoms with Gasteiger partial charge in [0, 0.05) is 37.7 Å². The molecule has 1 aromatic heterocycles. The van der Waals surface area contributed by atoms with E-state index in [1.165, 1.54) is 5.56 Å². The van der Waals surface area contributed by atoms with Gasteiger partial charge in [-0.15, -0.1) is 0 Å². The van der Waals surface area contributed by atoms with Crippen molar-refractivity contribution in [3.05, 3.63) is 52.5 Å². The Morgan fingerprint density at radius 1 is 1.18 bits per heavy atom. The Morgan fingerprint density at radius 2 is 2.00 bits per heavy atom. The maximum atomic E-state index is 10.6. The zero-order chi connectivity index (χ0) is 19.5. The molecule has 2 aromatic carbocycles. The molecule has 0 unspecified atom stereocenters. The largest absolute Gasteiger partial charge is 0.486 e. The van der Waals surface area contributed by atoms with E-state index in [9.17, 15) is 4.79 Å². The van der Waals surface area contributed by atoms with Crippen LogP contribution in [0, 0.1) is 6.92 Å². The molecule has 0 atom stereocenters. The van der Waals surface area contributed by atoms with Gasteiger partial charge in [0.2, 0.25) is 0 Å². The quantitative estimate of drug-likeness (QED) is 0.566. The van der Waals surface area contributed by atoms with Crippen LogP contribution in [0.5, 0.6) is 5.75 Å². The van der Waals surface area contributed by atoms with E-state index in [0.29, 0.717) is 0 Å². The molecule has 0 bridgehead atoms. The predicted octanol–water partition coefficient (Wildman–Crippen LogP) is 4.16. The third-order valence-corrected chi connectivity index (χ3v) is 6.26. The Bertz CT molecular complexity index is 983. The van der Waals surface area contributed by atoms with Crippen molar-refractivity contribution in [2.75, 3.05) is 37.7 Å². The van der Waals surface area contributed by atoms with Gasteiger partial charge in [-0.05, 0) is 42.3 Å². The van der Waals surface area contributed by atoms with Gasteiger partial charge in [-0.1, -0.05) is 35.1 Å². The fraction of sp³-hybridized carbons (Fsp3) is 0.333. The van der Waals surface area contributed by atoms with Crippen molar-refractivity contribution < 1.29 is 9.53 Å². The topological polar surface area (TPSA) is 45.7 Å². The fourth-order valence-corrected chi connectivity index (χ4v) is 4.69. The zero-order valence-corrected chi connectivity index (χ0v) is 17.3. The lowest BCUT2D eigenvalue weighted by Gasteiger charge is -2.34. The molecule has 0 spiro atoms. The number of hydrogen-bond acceptors (Lipinski definition) is 6. The molecule has 7 heteroatoms. The first-order valence-electron chi connectivity index (χ1n) is 9.32. The van der Waals surface area contributed by atoms with E-state index in [-0.39, 0.29) is 6.61 Å². The van der Waals surface area contributed by atoms with E-state index in [0.717, 1.165) is 70.7 Å². The summed E-state index contributed by atoms with van der Waals surface area (Å²) in [5, 5.41) is 1.82. The highest BCUT2D eigenvalue weighted by molar-refractivity contribution is 7.22. The minimum atomic E-state index is 0.0936. The van der Waals surface area contributed by atoms with Crippen LogP contribution in [0.1, 0.15) is 11.1 Å². The van der Waals surface area contributed by atoms with Gasteiger partial charge in [0.1, 0.15) is 12.4 Å². The summed E-state index contributed by atoms with van der Waals surface area (Å²) in [5.41, 5.74) is 3.26. The smallest absolute Gasteiger partial charge is 0.186 e. The first-order chi connectivity index (χ1) is 13.6. The molecular weight excluding hydrogens is 394 g/mol. The van der Waals surface area contributed by atoms with Crippen molar-refractivity contribution in [3.8, 4) is 5.75 Å². The number of nitrogens with zero attached hydrogens (tertiary/aromatic N) is 3. The summed E-state index contributed by atoms with van der Waals surface area (Å²) in [7, 11) is 0. The first-order valence-corrected chi connectivity index (χ1v) is 10.5. The summed E-state index contributed by atoms with van der Waals surface area (Å²) in [4.78, 5) is 20.1. The third kappa shape index (κ3) is 4.29. The average molecular weight is 416 g/mol. The highest BCUT2D eigenvalue weighted by Crippen LogP contribution is 2.31. The van der Waals surface area contributed by atoms with Crippen molar-refractivity contribution in [1.29, 1.82) is 0 Å². The monoisotopic (exact) mass is 415 g/mol. The number of carbonyl (C=O) groups is 1. The highest BCUT2D eigenvalue weighted by atomic mass is 35.5. The normalized spacial score (nSPS) is 15.1. The van der Waals surface area contributed by atoms with Crippen LogP contribution in [0.2, 0.25) is 5.02 Å². The number of halogens is 1. The molecule has 28 heavy (non-hydrogen) atoms. The molecule has 5 nitrogen and oxygen atoms in total. The summed E-state index contributed by atoms with van der Waals surface area (Å²) < 4.78 is 6.65. The molecule has 0 aliphatic carbocycles. The van der Waals surface area contributed by atoms with Crippen LogP contribution >= 0.6 is 22.9 Å². The minimum Gasteiger partial charge on any atom is -0.486 e. The number of hydrogen-bond donors (Lipinski definition) is 0. The number of piperazine rings is 1. The van der Waals surface area contributed by atoms with Gasteiger partial charge in [-0.3, -0.25) is 9.69 Å². The van der Waals surface area contributed by atoms with Gasteiger partial charge < -0.3 is 9.64 Å². The second-order valence-electron chi connectivity index (χ2n) is 6.95. The number of anilines is 1. The third-order valence-electron chi connectivity index (χ3n) is 4.95. The molecule has 1 aliphatic rings. The van der Waals surface area contributed by atoms with Crippen molar-refractivity contribution in [3.63, 3.8) is 0 Å². The summed E-state index contributed by atoms with van der Waals surface area (Å²) in [6, 6.07) is 12.1. The van der Waals surface area contributed by atoms with Gasteiger partial charge in [0.25, 0.3) is 0 Å². The fourth-order valence-electron chi connectivity index (χ4n) is 3.40. The molecule has 2 heterocycles. The van der Waals surface area contributed by atoms with E-state index < -0.39 is 0 Å². The lowest BCUT2D eigenvalue weighted by molar-refractivity contribution is -0.109. The summed E-state index contributed by atoms with van der Waals surface area (Å²) in [5.74, 6) is 0.788. The Hall–Kier alpha value is -2.15. The summed E-state index contributed by atoms with van der Waals surface area (Å²) in [6.45, 7) is 6.83. The average Bonchev–Trinajstić information content (AvgIpc) is 3.12. The summed E-state index contributed by atoms with van der Waals surface area (Å²) >= 11 is 7.79.